The molecule has 2 nitrogen and oxygen atoms in total. The molecular formula is C5H13N2P2+. The fourth-order valence-electron chi connectivity index (χ4n) is 1.06. The Hall–Kier alpha value is 0.490. The molecule has 0 aliphatic carbocycles. The molecule has 0 spiro atoms. The number of piperidine rings is 1. The molecular weight excluding hydrogens is 150 g/mol. The summed E-state index contributed by atoms with van der Waals surface area (Å²) in [5.41, 5.74) is 0. The van der Waals surface area contributed by atoms with Gasteiger partial charge >= 0.3 is 8.52 Å². The highest BCUT2D eigenvalue weighted by molar-refractivity contribution is 7.35. The van der Waals surface area contributed by atoms with Crippen LogP contribution >= 0.6 is 17.9 Å². The summed E-state index contributed by atoms with van der Waals surface area (Å²) in [7, 11) is 3.78. The Bertz CT molecular complexity index is 106. The molecule has 1 fully saturated rings. The summed E-state index contributed by atoms with van der Waals surface area (Å²) in [4.78, 5) is 3.05. The summed E-state index contributed by atoms with van der Waals surface area (Å²) in [5.74, 6) is 0. The highest BCUT2D eigenvalue weighted by atomic mass is 31.1. The molecule has 1 rings (SSSR count). The zero-order valence-electron chi connectivity index (χ0n) is 5.51. The van der Waals surface area contributed by atoms with Crippen molar-refractivity contribution >= 4 is 17.9 Å². The third-order valence-corrected chi connectivity index (χ3v) is 2.68. The van der Waals surface area contributed by atoms with Gasteiger partial charge in [-0.15, -0.1) is 0 Å². The van der Waals surface area contributed by atoms with Gasteiger partial charge in [0.1, 0.15) is 13.1 Å². The van der Waals surface area contributed by atoms with Gasteiger partial charge in [-0.2, -0.15) is 4.86 Å². The van der Waals surface area contributed by atoms with Crippen molar-refractivity contribution in [3.63, 3.8) is 0 Å². The minimum atomic E-state index is 1.25. The molecule has 1 unspecified atom stereocenters. The van der Waals surface area contributed by atoms with Crippen molar-refractivity contribution in [2.75, 3.05) is 13.1 Å². The number of rotatable bonds is 1. The van der Waals surface area contributed by atoms with Crippen LogP contribution in [0.5, 0.6) is 0 Å². The van der Waals surface area contributed by atoms with Crippen LogP contribution < -0.4 is 4.86 Å². The van der Waals surface area contributed by atoms with Gasteiger partial charge in [-0.25, -0.2) is 4.33 Å². The van der Waals surface area contributed by atoms with Crippen molar-refractivity contribution in [2.45, 2.75) is 19.3 Å². The Morgan fingerprint density at radius 1 is 1.22 bits per heavy atom. The summed E-state index contributed by atoms with van der Waals surface area (Å²) in [6, 6.07) is 0. The molecule has 9 heavy (non-hydrogen) atoms. The number of hydrogen-bond donors (Lipinski definition) is 1. The van der Waals surface area contributed by atoms with E-state index in [0.29, 0.717) is 0 Å². The van der Waals surface area contributed by atoms with Gasteiger partial charge in [0, 0.05) is 12.8 Å². The van der Waals surface area contributed by atoms with Gasteiger partial charge in [-0.1, -0.05) is 9.39 Å². The molecule has 0 saturated carbocycles. The molecule has 1 heterocycles. The normalized spacial score (nSPS) is 20.8. The molecule has 0 amide bonds. The number of nitrogens with one attached hydrogen (secondary N) is 1. The quantitative estimate of drug-likeness (QED) is 0.580. The molecule has 0 aromatic rings. The lowest BCUT2D eigenvalue weighted by molar-refractivity contribution is -0.514. The van der Waals surface area contributed by atoms with E-state index in [2.05, 4.69) is 18.6 Å². The lowest BCUT2D eigenvalue weighted by Crippen LogP contribution is -2.16. The third kappa shape index (κ3) is 2.71. The van der Waals surface area contributed by atoms with Crippen molar-refractivity contribution in [3.05, 3.63) is 0 Å². The Balaban J connectivity index is 2.30. The average Bonchev–Trinajstić information content (AvgIpc) is 1.91. The van der Waals surface area contributed by atoms with Gasteiger partial charge in [0.2, 0.25) is 0 Å². The molecule has 4 heteroatoms. The van der Waals surface area contributed by atoms with Crippen molar-refractivity contribution in [3.8, 4) is 0 Å². The second-order valence-corrected chi connectivity index (χ2v) is 4.04. The predicted molar refractivity (Wildman–Crippen MR) is 43.6 cm³/mol. The Labute approximate surface area is 60.2 Å². The Morgan fingerprint density at radius 2 is 1.89 bits per heavy atom. The van der Waals surface area contributed by atoms with E-state index in [1.165, 1.54) is 40.9 Å². The summed E-state index contributed by atoms with van der Waals surface area (Å²) < 4.78 is 2.41. The lowest BCUT2D eigenvalue weighted by Gasteiger charge is -2.06. The van der Waals surface area contributed by atoms with E-state index in [-0.39, 0.29) is 0 Å². The van der Waals surface area contributed by atoms with Gasteiger partial charge < -0.3 is 0 Å². The SMILES string of the molecule is PNP=[N+]1CCCCC1. The zero-order chi connectivity index (χ0) is 6.53. The van der Waals surface area contributed by atoms with Crippen molar-refractivity contribution < 1.29 is 4.33 Å². The maximum atomic E-state index is 3.05. The minimum Gasteiger partial charge on any atom is -0.207 e. The molecule has 0 aromatic heterocycles. The molecule has 1 aliphatic rings. The second-order valence-electron chi connectivity index (χ2n) is 2.24. The fraction of sp³-hybridized carbons (Fsp3) is 1.00. The number of hydrogen-bond acceptors (Lipinski definition) is 0. The summed E-state index contributed by atoms with van der Waals surface area (Å²) in [6.07, 6.45) is 4.17. The Kier molecular flexibility index (Phi) is 3.65. The van der Waals surface area contributed by atoms with Gasteiger partial charge in [0.05, 0.1) is 0 Å². The van der Waals surface area contributed by atoms with E-state index in [1.54, 1.807) is 0 Å². The van der Waals surface area contributed by atoms with Crippen LogP contribution in [-0.4, -0.2) is 17.4 Å². The monoisotopic (exact) mass is 163 g/mol. The largest absolute Gasteiger partial charge is 0.308 e. The fourth-order valence-corrected chi connectivity index (χ4v) is 2.19. The van der Waals surface area contributed by atoms with Crippen LogP contribution in [0.3, 0.4) is 0 Å². The summed E-state index contributed by atoms with van der Waals surface area (Å²) in [5, 5.41) is 0. The zero-order valence-corrected chi connectivity index (χ0v) is 7.56. The first-order chi connectivity index (χ1) is 4.43. The van der Waals surface area contributed by atoms with Crippen LogP contribution in [0.25, 0.3) is 0 Å². The van der Waals surface area contributed by atoms with Crippen molar-refractivity contribution in [1.29, 1.82) is 0 Å². The van der Waals surface area contributed by atoms with Crippen LogP contribution in [0.4, 0.5) is 0 Å². The van der Waals surface area contributed by atoms with E-state index < -0.39 is 0 Å². The summed E-state index contributed by atoms with van der Waals surface area (Å²) in [6.45, 7) is 2.53. The average molecular weight is 163 g/mol. The summed E-state index contributed by atoms with van der Waals surface area (Å²) >= 11 is 0. The van der Waals surface area contributed by atoms with E-state index in [1.807, 2.05) is 0 Å². The van der Waals surface area contributed by atoms with Crippen molar-refractivity contribution in [2.24, 2.45) is 0 Å². The molecule has 52 valence electrons. The van der Waals surface area contributed by atoms with Crippen LogP contribution in [0.2, 0.25) is 0 Å². The van der Waals surface area contributed by atoms with Crippen molar-refractivity contribution in [1.82, 2.24) is 4.86 Å². The third-order valence-electron chi connectivity index (χ3n) is 1.53. The smallest absolute Gasteiger partial charge is 0.207 e. The molecule has 0 aromatic carbocycles. The first-order valence-electron chi connectivity index (χ1n) is 3.34. The molecule has 1 N–H and O–H groups in total. The van der Waals surface area contributed by atoms with Gasteiger partial charge in [0.25, 0.3) is 0 Å². The Morgan fingerprint density at radius 3 is 2.44 bits per heavy atom. The highest BCUT2D eigenvalue weighted by Gasteiger charge is 2.09. The van der Waals surface area contributed by atoms with E-state index >= 15 is 0 Å². The van der Waals surface area contributed by atoms with E-state index in [4.69, 9.17) is 0 Å². The molecule has 0 bridgehead atoms. The van der Waals surface area contributed by atoms with Gasteiger partial charge in [0.15, 0.2) is 0 Å². The van der Waals surface area contributed by atoms with Crippen LogP contribution in [0.1, 0.15) is 19.3 Å². The standard InChI is InChI=1S/C5H12N2P2/c8-6-9-7-4-2-1-3-5-7/h1-5,8H2/p+1. The van der Waals surface area contributed by atoms with Crippen LogP contribution in [0.15, 0.2) is 0 Å². The van der Waals surface area contributed by atoms with Gasteiger partial charge in [-0.3, -0.25) is 0 Å². The second kappa shape index (κ2) is 4.33. The topological polar surface area (TPSA) is 15.0 Å². The van der Waals surface area contributed by atoms with E-state index in [9.17, 15) is 0 Å². The van der Waals surface area contributed by atoms with E-state index in [0.717, 1.165) is 0 Å². The maximum absolute atomic E-state index is 3.05. The molecule has 1 saturated heterocycles. The molecule has 1 atom stereocenters. The van der Waals surface area contributed by atoms with Crippen LogP contribution in [-0.2, 0) is 0 Å². The first kappa shape index (κ1) is 7.60. The van der Waals surface area contributed by atoms with Gasteiger partial charge in [-0.05, 0) is 6.42 Å². The highest BCUT2D eigenvalue weighted by Crippen LogP contribution is 2.08. The van der Waals surface area contributed by atoms with Crippen LogP contribution in [0, 0.1) is 0 Å². The first-order valence-corrected chi connectivity index (χ1v) is 4.77. The maximum Gasteiger partial charge on any atom is 0.308 e. The lowest BCUT2D eigenvalue weighted by atomic mass is 10.2. The molecule has 1 aliphatic heterocycles. The molecule has 0 radical (unpaired) electrons. The predicted octanol–water partition coefficient (Wildman–Crippen LogP) is 1.61. The number of nitrogens with zero attached hydrogens (tertiary/aromatic N) is 1. The minimum absolute atomic E-state index is 1.25.